The van der Waals surface area contributed by atoms with Crippen LogP contribution in [0.2, 0.25) is 0 Å². The normalized spacial score (nSPS) is 36.7. The standard InChI is InChI=1S/C19H34N2O/c1-13-5-8-17(13)21-11-15(9-14-6-7-14)10-16(12-21)20-18(22)19(2,3)4/h13-17H,5-12H2,1-4H3,(H,20,22). The van der Waals surface area contributed by atoms with E-state index in [0.29, 0.717) is 6.04 Å². The maximum atomic E-state index is 12.4. The van der Waals surface area contributed by atoms with Gasteiger partial charge in [-0.15, -0.1) is 0 Å². The summed E-state index contributed by atoms with van der Waals surface area (Å²) in [6.07, 6.45) is 8.20. The number of hydrogen-bond donors (Lipinski definition) is 1. The molecular formula is C19H34N2O. The van der Waals surface area contributed by atoms with Gasteiger partial charge in [-0.1, -0.05) is 40.5 Å². The summed E-state index contributed by atoms with van der Waals surface area (Å²) >= 11 is 0. The zero-order valence-corrected chi connectivity index (χ0v) is 14.9. The smallest absolute Gasteiger partial charge is 0.225 e. The maximum absolute atomic E-state index is 12.4. The SMILES string of the molecule is CC1CCC1N1CC(CC2CC2)CC(NC(=O)C(C)(C)C)C1. The van der Waals surface area contributed by atoms with E-state index in [-0.39, 0.29) is 11.3 Å². The van der Waals surface area contributed by atoms with E-state index >= 15 is 0 Å². The Kier molecular flexibility index (Phi) is 4.55. The van der Waals surface area contributed by atoms with E-state index in [4.69, 9.17) is 0 Å². The number of hydrogen-bond acceptors (Lipinski definition) is 2. The first-order valence-corrected chi connectivity index (χ1v) is 9.38. The van der Waals surface area contributed by atoms with Crippen LogP contribution >= 0.6 is 0 Å². The highest BCUT2D eigenvalue weighted by Crippen LogP contribution is 2.40. The van der Waals surface area contributed by atoms with E-state index in [9.17, 15) is 4.79 Å². The maximum Gasteiger partial charge on any atom is 0.225 e. The highest BCUT2D eigenvalue weighted by atomic mass is 16.2. The van der Waals surface area contributed by atoms with Crippen LogP contribution in [0.4, 0.5) is 0 Å². The van der Waals surface area contributed by atoms with Crippen LogP contribution in [0.15, 0.2) is 0 Å². The van der Waals surface area contributed by atoms with Crippen LogP contribution in [0, 0.1) is 23.2 Å². The van der Waals surface area contributed by atoms with Gasteiger partial charge in [-0.05, 0) is 43.4 Å². The minimum absolute atomic E-state index is 0.214. The number of nitrogens with zero attached hydrogens (tertiary/aromatic N) is 1. The summed E-state index contributed by atoms with van der Waals surface area (Å²) in [7, 11) is 0. The first-order chi connectivity index (χ1) is 10.3. The topological polar surface area (TPSA) is 32.3 Å². The number of amides is 1. The van der Waals surface area contributed by atoms with Crippen LogP contribution in [0.3, 0.4) is 0 Å². The molecule has 22 heavy (non-hydrogen) atoms. The van der Waals surface area contributed by atoms with Gasteiger partial charge in [0.15, 0.2) is 0 Å². The Labute approximate surface area is 136 Å². The molecule has 1 heterocycles. The summed E-state index contributed by atoms with van der Waals surface area (Å²) in [6, 6.07) is 1.13. The molecule has 3 heteroatoms. The summed E-state index contributed by atoms with van der Waals surface area (Å²) in [5.74, 6) is 2.84. The van der Waals surface area contributed by atoms with Gasteiger partial charge in [-0.25, -0.2) is 0 Å². The zero-order valence-electron chi connectivity index (χ0n) is 14.9. The van der Waals surface area contributed by atoms with Gasteiger partial charge in [0.2, 0.25) is 5.91 Å². The Morgan fingerprint density at radius 3 is 2.32 bits per heavy atom. The van der Waals surface area contributed by atoms with Crippen LogP contribution < -0.4 is 5.32 Å². The summed E-state index contributed by atoms with van der Waals surface area (Å²) in [5, 5.41) is 3.35. The first-order valence-electron chi connectivity index (χ1n) is 9.38. The number of likely N-dealkylation sites (tertiary alicyclic amines) is 1. The number of piperidine rings is 1. The minimum Gasteiger partial charge on any atom is -0.352 e. The molecule has 2 saturated carbocycles. The molecule has 3 nitrogen and oxygen atoms in total. The van der Waals surface area contributed by atoms with Crippen LogP contribution in [0.1, 0.15) is 66.2 Å². The summed E-state index contributed by atoms with van der Waals surface area (Å²) in [6.45, 7) is 10.8. The molecule has 0 aromatic heterocycles. The average molecular weight is 306 g/mol. The van der Waals surface area contributed by atoms with E-state index in [1.807, 2.05) is 20.8 Å². The Morgan fingerprint density at radius 1 is 1.09 bits per heavy atom. The quantitative estimate of drug-likeness (QED) is 0.863. The Morgan fingerprint density at radius 2 is 1.82 bits per heavy atom. The largest absolute Gasteiger partial charge is 0.352 e. The number of carbonyl (C=O) groups excluding carboxylic acids is 1. The predicted octanol–water partition coefficient (Wildman–Crippen LogP) is 3.44. The van der Waals surface area contributed by atoms with Crippen molar-refractivity contribution in [3.8, 4) is 0 Å². The molecule has 4 atom stereocenters. The number of rotatable bonds is 4. The van der Waals surface area contributed by atoms with Crippen LogP contribution in [0.25, 0.3) is 0 Å². The summed E-state index contributed by atoms with van der Waals surface area (Å²) in [5.41, 5.74) is -0.280. The predicted molar refractivity (Wildman–Crippen MR) is 90.6 cm³/mol. The van der Waals surface area contributed by atoms with Crippen molar-refractivity contribution in [2.45, 2.75) is 78.3 Å². The Balaban J connectivity index is 1.61. The molecule has 126 valence electrons. The van der Waals surface area contributed by atoms with Crippen molar-refractivity contribution in [3.63, 3.8) is 0 Å². The average Bonchev–Trinajstić information content (AvgIpc) is 3.19. The molecular weight excluding hydrogens is 272 g/mol. The molecule has 1 saturated heterocycles. The fourth-order valence-corrected chi connectivity index (χ4v) is 4.21. The lowest BCUT2D eigenvalue weighted by molar-refractivity contribution is -0.130. The van der Waals surface area contributed by atoms with Gasteiger partial charge in [-0.2, -0.15) is 0 Å². The van der Waals surface area contributed by atoms with Crippen molar-refractivity contribution in [1.82, 2.24) is 10.2 Å². The van der Waals surface area contributed by atoms with E-state index in [2.05, 4.69) is 17.1 Å². The van der Waals surface area contributed by atoms with Gasteiger partial charge in [0.25, 0.3) is 0 Å². The van der Waals surface area contributed by atoms with Crippen LogP contribution in [-0.2, 0) is 4.79 Å². The summed E-state index contributed by atoms with van der Waals surface area (Å²) < 4.78 is 0. The molecule has 4 unspecified atom stereocenters. The van der Waals surface area contributed by atoms with Gasteiger partial charge in [0, 0.05) is 30.6 Å². The van der Waals surface area contributed by atoms with Gasteiger partial charge in [0.05, 0.1) is 0 Å². The third-order valence-electron chi connectivity index (χ3n) is 5.99. The molecule has 1 N–H and O–H groups in total. The summed E-state index contributed by atoms with van der Waals surface area (Å²) in [4.78, 5) is 15.1. The fraction of sp³-hybridized carbons (Fsp3) is 0.947. The molecule has 2 aliphatic carbocycles. The molecule has 0 radical (unpaired) electrons. The highest BCUT2D eigenvalue weighted by molar-refractivity contribution is 5.81. The lowest BCUT2D eigenvalue weighted by Gasteiger charge is -2.49. The van der Waals surface area contributed by atoms with Crippen LogP contribution in [0.5, 0.6) is 0 Å². The highest BCUT2D eigenvalue weighted by Gasteiger charge is 2.39. The molecule has 0 bridgehead atoms. The van der Waals surface area contributed by atoms with E-state index in [0.717, 1.165) is 30.3 Å². The molecule has 0 aromatic rings. The monoisotopic (exact) mass is 306 g/mol. The fourth-order valence-electron chi connectivity index (χ4n) is 4.21. The molecule has 0 aromatic carbocycles. The Bertz CT molecular complexity index is 410. The van der Waals surface area contributed by atoms with Crippen LogP contribution in [-0.4, -0.2) is 36.0 Å². The number of carbonyl (C=O) groups is 1. The number of nitrogens with one attached hydrogen (secondary N) is 1. The molecule has 3 aliphatic rings. The van der Waals surface area contributed by atoms with Crippen molar-refractivity contribution in [2.24, 2.45) is 23.2 Å². The lowest BCUT2D eigenvalue weighted by atomic mass is 9.77. The van der Waals surface area contributed by atoms with Crippen molar-refractivity contribution >= 4 is 5.91 Å². The van der Waals surface area contributed by atoms with Crippen molar-refractivity contribution < 1.29 is 4.79 Å². The van der Waals surface area contributed by atoms with E-state index in [1.54, 1.807) is 0 Å². The van der Waals surface area contributed by atoms with Crippen molar-refractivity contribution in [1.29, 1.82) is 0 Å². The first kappa shape index (κ1) is 16.3. The van der Waals surface area contributed by atoms with Gasteiger partial charge >= 0.3 is 0 Å². The van der Waals surface area contributed by atoms with Crippen molar-refractivity contribution in [2.75, 3.05) is 13.1 Å². The van der Waals surface area contributed by atoms with Gasteiger partial charge in [-0.3, -0.25) is 9.69 Å². The molecule has 3 rings (SSSR count). The second kappa shape index (κ2) is 6.14. The van der Waals surface area contributed by atoms with E-state index < -0.39 is 0 Å². The Hall–Kier alpha value is -0.570. The second-order valence-corrected chi connectivity index (χ2v) is 9.28. The van der Waals surface area contributed by atoms with Gasteiger partial charge in [0.1, 0.15) is 0 Å². The lowest BCUT2D eigenvalue weighted by Crippen LogP contribution is -2.58. The molecule has 1 amide bonds. The van der Waals surface area contributed by atoms with Gasteiger partial charge < -0.3 is 5.32 Å². The molecule has 1 aliphatic heterocycles. The van der Waals surface area contributed by atoms with Crippen molar-refractivity contribution in [3.05, 3.63) is 0 Å². The molecule has 0 spiro atoms. The van der Waals surface area contributed by atoms with E-state index in [1.165, 1.54) is 45.1 Å². The minimum atomic E-state index is -0.280. The molecule has 3 fully saturated rings. The third-order valence-corrected chi connectivity index (χ3v) is 5.99. The zero-order chi connectivity index (χ0) is 15.9. The second-order valence-electron chi connectivity index (χ2n) is 9.28. The third kappa shape index (κ3) is 3.84.